The molecule has 13 heavy (non-hydrogen) atoms. The van der Waals surface area contributed by atoms with Crippen LogP contribution in [0.3, 0.4) is 0 Å². The van der Waals surface area contributed by atoms with Gasteiger partial charge in [0.25, 0.3) is 0 Å². The lowest BCUT2D eigenvalue weighted by Crippen LogP contribution is -2.00. The van der Waals surface area contributed by atoms with E-state index in [2.05, 4.69) is 4.72 Å². The molecule has 0 saturated heterocycles. The van der Waals surface area contributed by atoms with Crippen LogP contribution in [0.2, 0.25) is 5.02 Å². The van der Waals surface area contributed by atoms with Crippen LogP contribution in [-0.4, -0.2) is 17.3 Å². The van der Waals surface area contributed by atoms with Gasteiger partial charge < -0.3 is 9.83 Å². The van der Waals surface area contributed by atoms with Gasteiger partial charge in [0.2, 0.25) is 0 Å². The zero-order valence-corrected chi connectivity index (χ0v) is 8.45. The number of benzene rings is 1. The van der Waals surface area contributed by atoms with Crippen molar-refractivity contribution in [3.63, 3.8) is 0 Å². The number of halogens is 1. The van der Waals surface area contributed by atoms with Crippen LogP contribution in [0.1, 0.15) is 10.4 Å². The van der Waals surface area contributed by atoms with Gasteiger partial charge in [-0.15, -0.1) is 0 Å². The van der Waals surface area contributed by atoms with Gasteiger partial charge in [-0.25, -0.2) is 4.79 Å². The van der Waals surface area contributed by atoms with Crippen LogP contribution < -0.4 is 4.72 Å². The third kappa shape index (κ3) is 2.54. The molecule has 3 nitrogen and oxygen atoms in total. The molecule has 5 heteroatoms. The number of carbonyl (C=O) groups is 1. The second-order valence-electron chi connectivity index (χ2n) is 2.30. The third-order valence-corrected chi connectivity index (χ3v) is 2.08. The number of anilines is 1. The van der Waals surface area contributed by atoms with Crippen LogP contribution in [0.25, 0.3) is 0 Å². The average Bonchev–Trinajstić information content (AvgIpc) is 2.08. The van der Waals surface area contributed by atoms with Crippen molar-refractivity contribution in [1.29, 1.82) is 0 Å². The molecule has 0 unspecified atom stereocenters. The van der Waals surface area contributed by atoms with Crippen LogP contribution >= 0.6 is 23.5 Å². The summed E-state index contributed by atoms with van der Waals surface area (Å²) in [4.78, 5) is 10.7. The highest BCUT2D eigenvalue weighted by molar-refractivity contribution is 7.99. The van der Waals surface area contributed by atoms with Gasteiger partial charge in [0.15, 0.2) is 0 Å². The first kappa shape index (κ1) is 10.2. The quantitative estimate of drug-likeness (QED) is 0.765. The van der Waals surface area contributed by atoms with E-state index in [1.54, 1.807) is 12.1 Å². The Kier molecular flexibility index (Phi) is 3.45. The van der Waals surface area contributed by atoms with E-state index in [1.165, 1.54) is 18.0 Å². The first-order valence-corrected chi connectivity index (χ1v) is 5.07. The maximum absolute atomic E-state index is 10.7. The van der Waals surface area contributed by atoms with Crippen molar-refractivity contribution >= 4 is 35.2 Å². The molecule has 70 valence electrons. The van der Waals surface area contributed by atoms with E-state index in [4.69, 9.17) is 16.7 Å². The summed E-state index contributed by atoms with van der Waals surface area (Å²) in [6.07, 6.45) is 1.82. The molecule has 1 aromatic carbocycles. The summed E-state index contributed by atoms with van der Waals surface area (Å²) in [5.74, 6) is -0.987. The summed E-state index contributed by atoms with van der Waals surface area (Å²) in [6.45, 7) is 0. The summed E-state index contributed by atoms with van der Waals surface area (Å²) in [5.41, 5.74) is 0.742. The summed E-state index contributed by atoms with van der Waals surface area (Å²) in [5, 5.41) is 9.23. The predicted molar refractivity (Wildman–Crippen MR) is 55.5 cm³/mol. The van der Waals surface area contributed by atoms with Crippen molar-refractivity contribution in [2.45, 2.75) is 0 Å². The fraction of sp³-hybridized carbons (Fsp3) is 0.125. The van der Waals surface area contributed by atoms with E-state index < -0.39 is 5.97 Å². The topological polar surface area (TPSA) is 49.3 Å². The number of carboxylic acids is 1. The van der Waals surface area contributed by atoms with E-state index in [9.17, 15) is 4.79 Å². The first-order chi connectivity index (χ1) is 6.15. The van der Waals surface area contributed by atoms with Gasteiger partial charge in [-0.05, 0) is 18.2 Å². The molecule has 0 aliphatic heterocycles. The van der Waals surface area contributed by atoms with Gasteiger partial charge in [0, 0.05) is 11.3 Å². The molecular weight excluding hydrogens is 210 g/mol. The van der Waals surface area contributed by atoms with E-state index in [1.807, 2.05) is 6.26 Å². The minimum atomic E-state index is -0.987. The minimum absolute atomic E-state index is 0.182. The van der Waals surface area contributed by atoms with Crippen LogP contribution in [-0.2, 0) is 0 Å². The lowest BCUT2D eigenvalue weighted by Gasteiger charge is -2.06. The summed E-state index contributed by atoms with van der Waals surface area (Å²) >= 11 is 7.00. The Hall–Kier alpha value is -0.870. The van der Waals surface area contributed by atoms with Crippen molar-refractivity contribution in [2.75, 3.05) is 11.0 Å². The Morgan fingerprint density at radius 2 is 2.31 bits per heavy atom. The molecule has 0 aromatic heterocycles. The van der Waals surface area contributed by atoms with Gasteiger partial charge >= 0.3 is 5.97 Å². The summed E-state index contributed by atoms with van der Waals surface area (Å²) in [7, 11) is 0. The largest absolute Gasteiger partial charge is 0.478 e. The zero-order chi connectivity index (χ0) is 9.84. The van der Waals surface area contributed by atoms with Crippen molar-refractivity contribution in [3.8, 4) is 0 Å². The Bertz CT molecular complexity index is 330. The summed E-state index contributed by atoms with van der Waals surface area (Å²) < 4.78 is 2.86. The molecule has 0 radical (unpaired) electrons. The minimum Gasteiger partial charge on any atom is -0.478 e. The Morgan fingerprint density at radius 1 is 1.62 bits per heavy atom. The molecule has 2 N–H and O–H groups in total. The zero-order valence-electron chi connectivity index (χ0n) is 6.87. The number of hydrogen-bond donors (Lipinski definition) is 2. The van der Waals surface area contributed by atoms with Crippen LogP contribution in [0.4, 0.5) is 5.69 Å². The van der Waals surface area contributed by atoms with E-state index >= 15 is 0 Å². The number of nitrogens with one attached hydrogen (secondary N) is 1. The maximum atomic E-state index is 10.7. The molecule has 0 fully saturated rings. The lowest BCUT2D eigenvalue weighted by molar-refractivity contribution is 0.0698. The number of rotatable bonds is 3. The standard InChI is InChI=1S/C8H8ClNO2S/c1-13-10-7-3-2-5(9)4-6(7)8(11)12/h2-4,10H,1H3,(H,11,12). The highest BCUT2D eigenvalue weighted by atomic mass is 35.5. The fourth-order valence-corrected chi connectivity index (χ4v) is 1.46. The SMILES string of the molecule is CSNc1ccc(Cl)cc1C(=O)O. The Balaban J connectivity index is 3.10. The lowest BCUT2D eigenvalue weighted by atomic mass is 10.2. The Labute approximate surface area is 85.2 Å². The van der Waals surface area contributed by atoms with Crippen LogP contribution in [0, 0.1) is 0 Å². The van der Waals surface area contributed by atoms with Gasteiger partial charge in [-0.2, -0.15) is 0 Å². The van der Waals surface area contributed by atoms with Crippen LogP contribution in [0.15, 0.2) is 18.2 Å². The Morgan fingerprint density at radius 3 is 2.85 bits per heavy atom. The fourth-order valence-electron chi connectivity index (χ4n) is 0.892. The first-order valence-electron chi connectivity index (χ1n) is 3.47. The van der Waals surface area contributed by atoms with Crippen molar-refractivity contribution in [1.82, 2.24) is 0 Å². The molecule has 1 aromatic rings. The normalized spacial score (nSPS) is 9.69. The molecule has 0 spiro atoms. The monoisotopic (exact) mass is 217 g/mol. The number of carboxylic acid groups (broad SMARTS) is 1. The smallest absolute Gasteiger partial charge is 0.337 e. The second-order valence-corrected chi connectivity index (χ2v) is 3.35. The van der Waals surface area contributed by atoms with Crippen molar-refractivity contribution < 1.29 is 9.90 Å². The molecule has 0 heterocycles. The predicted octanol–water partition coefficient (Wildman–Crippen LogP) is 2.73. The number of aromatic carboxylic acids is 1. The highest BCUT2D eigenvalue weighted by Gasteiger charge is 2.09. The maximum Gasteiger partial charge on any atom is 0.337 e. The molecule has 0 saturated carbocycles. The van der Waals surface area contributed by atoms with Gasteiger partial charge in [-0.3, -0.25) is 0 Å². The summed E-state index contributed by atoms with van der Waals surface area (Å²) in [6, 6.07) is 4.71. The van der Waals surface area contributed by atoms with Crippen molar-refractivity contribution in [2.24, 2.45) is 0 Å². The van der Waals surface area contributed by atoms with Gasteiger partial charge in [0.1, 0.15) is 0 Å². The second kappa shape index (κ2) is 4.39. The molecule has 0 aliphatic carbocycles. The number of hydrogen-bond acceptors (Lipinski definition) is 3. The molecule has 0 amide bonds. The highest BCUT2D eigenvalue weighted by Crippen LogP contribution is 2.22. The molecule has 0 bridgehead atoms. The van der Waals surface area contributed by atoms with E-state index in [-0.39, 0.29) is 5.56 Å². The molecule has 0 atom stereocenters. The average molecular weight is 218 g/mol. The van der Waals surface area contributed by atoms with Gasteiger partial charge in [0.05, 0.1) is 11.3 Å². The third-order valence-electron chi connectivity index (χ3n) is 1.42. The van der Waals surface area contributed by atoms with Crippen LogP contribution in [0.5, 0.6) is 0 Å². The van der Waals surface area contributed by atoms with Crippen molar-refractivity contribution in [3.05, 3.63) is 28.8 Å². The molecular formula is C8H8ClNO2S. The van der Waals surface area contributed by atoms with E-state index in [0.717, 1.165) is 0 Å². The molecule has 1 rings (SSSR count). The molecule has 0 aliphatic rings. The van der Waals surface area contributed by atoms with Gasteiger partial charge in [-0.1, -0.05) is 23.5 Å². The van der Waals surface area contributed by atoms with E-state index in [0.29, 0.717) is 10.7 Å².